The molecule has 9 N–H and O–H groups in total. The van der Waals surface area contributed by atoms with Crippen LogP contribution in [0.5, 0.6) is 11.5 Å². The summed E-state index contributed by atoms with van der Waals surface area (Å²) in [6.07, 6.45) is -11.4. The van der Waals surface area contributed by atoms with Crippen LogP contribution in [0.25, 0.3) is 0 Å². The molecule has 1 aliphatic rings. The summed E-state index contributed by atoms with van der Waals surface area (Å²) in [5.74, 6) is -3.86. The zero-order valence-corrected chi connectivity index (χ0v) is 24.5. The van der Waals surface area contributed by atoms with Gasteiger partial charge in [0, 0.05) is 20.5 Å². The van der Waals surface area contributed by atoms with Gasteiger partial charge in [0.05, 0.1) is 31.5 Å². The summed E-state index contributed by atoms with van der Waals surface area (Å²) < 4.78 is 22.1. The van der Waals surface area contributed by atoms with Crippen LogP contribution in [0, 0.1) is 0 Å². The van der Waals surface area contributed by atoms with Gasteiger partial charge in [0.15, 0.2) is 23.9 Å². The largest absolute Gasteiger partial charge is 0.504 e. The van der Waals surface area contributed by atoms with E-state index >= 15 is 0 Å². The van der Waals surface area contributed by atoms with E-state index in [9.17, 15) is 50.1 Å². The molecule has 0 bridgehead atoms. The van der Waals surface area contributed by atoms with Gasteiger partial charge < -0.3 is 65.3 Å². The number of carboxylic acids is 1. The average Bonchev–Trinajstić information content (AvgIpc) is 2.92. The average molecular weight is 619 g/mol. The third-order valence-corrected chi connectivity index (χ3v) is 7.05. The Hall–Kier alpha value is -3.09. The minimum Gasteiger partial charge on any atom is -0.504 e. The van der Waals surface area contributed by atoms with E-state index < -0.39 is 96.5 Å². The van der Waals surface area contributed by atoms with Crippen molar-refractivity contribution in [3.05, 3.63) is 23.8 Å². The number of methoxy groups -OCH3 is 1. The van der Waals surface area contributed by atoms with Gasteiger partial charge in [-0.15, -0.1) is 0 Å². The number of amides is 2. The molecule has 0 saturated carbocycles. The lowest BCUT2D eigenvalue weighted by atomic mass is 9.91. The summed E-state index contributed by atoms with van der Waals surface area (Å²) in [5.41, 5.74) is -1.69. The standard InChI is InChI=1S/C27H42N2O14/c1-12(31)19(10-30)42-13(2)16(28-14(3)32)11-41-25-21(36)20(35)22(40-5)23(43-25)24(37)29-27(4,26(38)39)9-15-6-7-17(33)18(34)8-15/h6-8,12-13,16,19-23,25,30-31,33-36H,9-11H2,1-5H3,(H,28,32)(H,29,37)(H,38,39)/t12-,13?,16-,19?,20?,21?,22?,23?,25?,27+/m0/s1. The lowest BCUT2D eigenvalue weighted by molar-refractivity contribution is -0.296. The third-order valence-electron chi connectivity index (χ3n) is 7.05. The fraction of sp³-hybridized carbons (Fsp3) is 0.667. The number of hydrogen-bond donors (Lipinski definition) is 9. The summed E-state index contributed by atoms with van der Waals surface area (Å²) in [5, 5.41) is 74.8. The van der Waals surface area contributed by atoms with Gasteiger partial charge in [-0.1, -0.05) is 6.07 Å². The van der Waals surface area contributed by atoms with E-state index in [-0.39, 0.29) is 18.6 Å². The fourth-order valence-electron chi connectivity index (χ4n) is 4.49. The van der Waals surface area contributed by atoms with E-state index in [1.54, 1.807) is 6.92 Å². The molecule has 2 rings (SSSR count). The van der Waals surface area contributed by atoms with Crippen molar-refractivity contribution in [2.45, 2.75) is 94.7 Å². The number of aliphatic carboxylic acids is 1. The number of hydrogen-bond acceptors (Lipinski definition) is 13. The predicted molar refractivity (Wildman–Crippen MR) is 146 cm³/mol. The Morgan fingerprint density at radius 1 is 1.12 bits per heavy atom. The van der Waals surface area contributed by atoms with Crippen molar-refractivity contribution in [3.63, 3.8) is 0 Å². The van der Waals surface area contributed by atoms with Gasteiger partial charge in [0.25, 0.3) is 5.91 Å². The Kier molecular flexibility index (Phi) is 13.1. The number of nitrogens with one attached hydrogen (secondary N) is 2. The Balaban J connectivity index is 2.24. The van der Waals surface area contributed by atoms with Gasteiger partial charge in [0.1, 0.15) is 30.0 Å². The molecule has 10 atom stereocenters. The van der Waals surface area contributed by atoms with Crippen molar-refractivity contribution in [2.75, 3.05) is 20.3 Å². The summed E-state index contributed by atoms with van der Waals surface area (Å²) in [7, 11) is 1.15. The molecule has 0 aliphatic carbocycles. The summed E-state index contributed by atoms with van der Waals surface area (Å²) >= 11 is 0. The number of carbonyl (C=O) groups excluding carboxylic acids is 2. The van der Waals surface area contributed by atoms with Crippen LogP contribution in [0.4, 0.5) is 0 Å². The maximum atomic E-state index is 13.4. The van der Waals surface area contributed by atoms with E-state index in [2.05, 4.69) is 10.6 Å². The maximum absolute atomic E-state index is 13.4. The number of aromatic hydroxyl groups is 2. The second-order valence-corrected chi connectivity index (χ2v) is 10.7. The molecule has 2 amide bonds. The molecule has 1 saturated heterocycles. The highest BCUT2D eigenvalue weighted by atomic mass is 16.7. The minimum absolute atomic E-state index is 0.268. The van der Waals surface area contributed by atoms with E-state index in [4.69, 9.17) is 18.9 Å². The first-order valence-corrected chi connectivity index (χ1v) is 13.5. The van der Waals surface area contributed by atoms with Crippen molar-refractivity contribution in [1.82, 2.24) is 10.6 Å². The maximum Gasteiger partial charge on any atom is 0.329 e. The highest BCUT2D eigenvalue weighted by Crippen LogP contribution is 2.28. The van der Waals surface area contributed by atoms with Gasteiger partial charge in [-0.3, -0.25) is 9.59 Å². The SMILES string of the molecule is COC1C(C(=O)N[C@](C)(Cc2ccc(O)c(O)c2)C(=O)O)OC(OC[C@H](NC(C)=O)C(C)OC(CO)[C@H](C)O)C(O)C1O. The van der Waals surface area contributed by atoms with E-state index in [1.807, 2.05) is 0 Å². The van der Waals surface area contributed by atoms with Crippen molar-refractivity contribution in [1.29, 1.82) is 0 Å². The van der Waals surface area contributed by atoms with Crippen molar-refractivity contribution < 1.29 is 69.1 Å². The normalized spacial score (nSPS) is 26.4. The zero-order chi connectivity index (χ0) is 32.6. The molecule has 43 heavy (non-hydrogen) atoms. The molecular weight excluding hydrogens is 576 g/mol. The molecule has 1 heterocycles. The van der Waals surface area contributed by atoms with Crippen LogP contribution in [0.15, 0.2) is 18.2 Å². The second kappa shape index (κ2) is 15.6. The third kappa shape index (κ3) is 9.45. The molecule has 7 unspecified atom stereocenters. The van der Waals surface area contributed by atoms with Crippen molar-refractivity contribution >= 4 is 17.8 Å². The van der Waals surface area contributed by atoms with Gasteiger partial charge in [0.2, 0.25) is 5.91 Å². The lowest BCUT2D eigenvalue weighted by Gasteiger charge is -2.42. The van der Waals surface area contributed by atoms with Gasteiger partial charge in [-0.05, 0) is 38.5 Å². The number of carbonyl (C=O) groups is 3. The van der Waals surface area contributed by atoms with Gasteiger partial charge in [-0.2, -0.15) is 0 Å². The second-order valence-electron chi connectivity index (χ2n) is 10.7. The van der Waals surface area contributed by atoms with E-state index in [1.165, 1.54) is 26.8 Å². The lowest BCUT2D eigenvalue weighted by Crippen LogP contribution is -2.66. The van der Waals surface area contributed by atoms with Crippen LogP contribution in [0.2, 0.25) is 0 Å². The van der Waals surface area contributed by atoms with Gasteiger partial charge in [-0.25, -0.2) is 4.79 Å². The van der Waals surface area contributed by atoms with Crippen LogP contribution in [0.3, 0.4) is 0 Å². The number of aliphatic hydroxyl groups is 4. The number of rotatable bonds is 15. The molecule has 0 aromatic heterocycles. The van der Waals surface area contributed by atoms with Crippen LogP contribution < -0.4 is 10.6 Å². The van der Waals surface area contributed by atoms with Crippen LogP contribution >= 0.6 is 0 Å². The van der Waals surface area contributed by atoms with Crippen molar-refractivity contribution in [3.8, 4) is 11.5 Å². The number of carboxylic acid groups (broad SMARTS) is 1. The fourth-order valence-corrected chi connectivity index (χ4v) is 4.49. The highest BCUT2D eigenvalue weighted by Gasteiger charge is 2.50. The zero-order valence-electron chi connectivity index (χ0n) is 24.5. The molecule has 1 fully saturated rings. The van der Waals surface area contributed by atoms with Crippen LogP contribution in [0.1, 0.15) is 33.3 Å². The van der Waals surface area contributed by atoms with Gasteiger partial charge >= 0.3 is 5.97 Å². The first-order valence-electron chi connectivity index (χ1n) is 13.5. The topological polar surface area (TPSA) is 254 Å². The molecule has 244 valence electrons. The van der Waals surface area contributed by atoms with E-state index in [0.717, 1.165) is 19.2 Å². The summed E-state index contributed by atoms with van der Waals surface area (Å²) in [4.78, 5) is 37.4. The Bertz CT molecular complexity index is 1100. The quantitative estimate of drug-likeness (QED) is 0.0940. The molecule has 16 nitrogen and oxygen atoms in total. The molecule has 0 spiro atoms. The first kappa shape index (κ1) is 36.1. The monoisotopic (exact) mass is 618 g/mol. The molecule has 1 aromatic rings. The summed E-state index contributed by atoms with van der Waals surface area (Å²) in [6, 6.07) is 2.76. The number of phenols is 2. The minimum atomic E-state index is -1.96. The van der Waals surface area contributed by atoms with Crippen LogP contribution in [-0.4, -0.2) is 134 Å². The highest BCUT2D eigenvalue weighted by molar-refractivity contribution is 5.89. The Morgan fingerprint density at radius 3 is 2.28 bits per heavy atom. The molecule has 0 radical (unpaired) electrons. The molecular formula is C27H42N2O14. The predicted octanol–water partition coefficient (Wildman–Crippen LogP) is -2.27. The number of phenolic OH excluding ortho intramolecular Hbond substituents is 2. The summed E-state index contributed by atoms with van der Waals surface area (Å²) in [6.45, 7) is 4.50. The molecule has 16 heteroatoms. The van der Waals surface area contributed by atoms with E-state index in [0.29, 0.717) is 0 Å². The first-order chi connectivity index (χ1) is 20.0. The van der Waals surface area contributed by atoms with Crippen LogP contribution in [-0.2, 0) is 39.8 Å². The Labute approximate surface area is 248 Å². The number of aliphatic hydroxyl groups excluding tert-OH is 4. The number of ether oxygens (including phenoxy) is 4. The molecule has 1 aromatic carbocycles. The van der Waals surface area contributed by atoms with Crippen molar-refractivity contribution in [2.24, 2.45) is 0 Å². The smallest absolute Gasteiger partial charge is 0.329 e. The number of benzene rings is 1. The molecule has 1 aliphatic heterocycles. The Morgan fingerprint density at radius 2 is 1.77 bits per heavy atom.